The summed E-state index contributed by atoms with van der Waals surface area (Å²) in [6.07, 6.45) is -1.57. The molecule has 0 spiro atoms. The molecule has 26 heavy (non-hydrogen) atoms. The van der Waals surface area contributed by atoms with Gasteiger partial charge in [0.2, 0.25) is 0 Å². The number of carbonyl (C=O) groups excluding carboxylic acids is 1. The van der Waals surface area contributed by atoms with Crippen LogP contribution in [0.25, 0.3) is 0 Å². The molecule has 3 N–H and O–H groups in total. The summed E-state index contributed by atoms with van der Waals surface area (Å²) in [7, 11) is 3.09. The Morgan fingerprint density at radius 2 is 1.73 bits per heavy atom. The predicted molar refractivity (Wildman–Crippen MR) is 96.6 cm³/mol. The third kappa shape index (κ3) is 3.52. The van der Waals surface area contributed by atoms with Gasteiger partial charge in [-0.15, -0.1) is 0 Å². The molecular weight excluding hydrogens is 334 g/mol. The van der Waals surface area contributed by atoms with Crippen molar-refractivity contribution in [3.8, 4) is 11.5 Å². The van der Waals surface area contributed by atoms with Crippen LogP contribution in [0.5, 0.6) is 11.5 Å². The van der Waals surface area contributed by atoms with Crippen LogP contribution in [0, 0.1) is 0 Å². The Hall–Kier alpha value is -2.57. The van der Waals surface area contributed by atoms with E-state index in [0.717, 1.165) is 11.3 Å². The average molecular weight is 357 g/mol. The van der Waals surface area contributed by atoms with E-state index in [2.05, 4.69) is 5.32 Å². The number of amides is 1. The molecule has 0 aliphatic heterocycles. The Balaban J connectivity index is 1.84. The summed E-state index contributed by atoms with van der Waals surface area (Å²) < 4.78 is 10.4. The number of aliphatic hydroxyl groups is 2. The normalized spacial score (nSPS) is 24.9. The first kappa shape index (κ1) is 18.2. The predicted octanol–water partition coefficient (Wildman–Crippen LogP) is 1.71. The standard InChI is InChI=1S/C20H23NO5/c1-25-13-9-7-12(8-10-13)15-11-16(22)19(23)18(15)21-20(24)14-5-3-4-6-17(14)26-2/h3-10,15-16,18-19,22-23H,11H2,1-2H3,(H,21,24). The molecule has 1 amide bonds. The Bertz CT molecular complexity index is 761. The quantitative estimate of drug-likeness (QED) is 0.758. The molecule has 2 aromatic carbocycles. The molecule has 0 heterocycles. The zero-order valence-electron chi connectivity index (χ0n) is 14.8. The van der Waals surface area contributed by atoms with E-state index in [1.165, 1.54) is 7.11 Å². The van der Waals surface area contributed by atoms with Gasteiger partial charge in [-0.2, -0.15) is 0 Å². The molecule has 0 aromatic heterocycles. The third-order valence-corrected chi connectivity index (χ3v) is 4.88. The lowest BCUT2D eigenvalue weighted by Gasteiger charge is -2.24. The van der Waals surface area contributed by atoms with E-state index in [4.69, 9.17) is 9.47 Å². The van der Waals surface area contributed by atoms with Crippen LogP contribution in [-0.4, -0.2) is 48.6 Å². The minimum Gasteiger partial charge on any atom is -0.497 e. The number of hydrogen-bond acceptors (Lipinski definition) is 5. The molecule has 0 radical (unpaired) electrons. The van der Waals surface area contributed by atoms with E-state index >= 15 is 0 Å². The largest absolute Gasteiger partial charge is 0.497 e. The molecule has 2 aromatic rings. The van der Waals surface area contributed by atoms with Crippen LogP contribution in [0.1, 0.15) is 28.3 Å². The van der Waals surface area contributed by atoms with Gasteiger partial charge in [0.1, 0.15) is 17.6 Å². The maximum atomic E-state index is 12.7. The highest BCUT2D eigenvalue weighted by atomic mass is 16.5. The van der Waals surface area contributed by atoms with Crippen molar-refractivity contribution < 1.29 is 24.5 Å². The maximum absolute atomic E-state index is 12.7. The monoisotopic (exact) mass is 357 g/mol. The first-order valence-electron chi connectivity index (χ1n) is 8.49. The molecule has 4 unspecified atom stereocenters. The summed E-state index contributed by atoms with van der Waals surface area (Å²) >= 11 is 0. The maximum Gasteiger partial charge on any atom is 0.255 e. The van der Waals surface area contributed by atoms with Gasteiger partial charge in [0.25, 0.3) is 5.91 Å². The van der Waals surface area contributed by atoms with Crippen LogP contribution in [0.4, 0.5) is 0 Å². The lowest BCUT2D eigenvalue weighted by atomic mass is 9.93. The van der Waals surface area contributed by atoms with E-state index in [1.54, 1.807) is 31.4 Å². The second kappa shape index (κ2) is 7.76. The lowest BCUT2D eigenvalue weighted by molar-refractivity contribution is 0.0294. The third-order valence-electron chi connectivity index (χ3n) is 4.88. The molecule has 6 nitrogen and oxygen atoms in total. The first-order valence-corrected chi connectivity index (χ1v) is 8.49. The highest BCUT2D eigenvalue weighted by molar-refractivity contribution is 5.97. The van der Waals surface area contributed by atoms with Crippen molar-refractivity contribution in [1.82, 2.24) is 5.32 Å². The first-order chi connectivity index (χ1) is 12.5. The number of methoxy groups -OCH3 is 2. The molecule has 1 aliphatic carbocycles. The Labute approximate surface area is 152 Å². The SMILES string of the molecule is COc1ccc(C2CC(O)C(O)C2NC(=O)c2ccccc2OC)cc1. The lowest BCUT2D eigenvalue weighted by Crippen LogP contribution is -2.45. The Morgan fingerprint density at radius 3 is 2.38 bits per heavy atom. The number of hydrogen-bond donors (Lipinski definition) is 3. The number of ether oxygens (including phenoxy) is 2. The average Bonchev–Trinajstić information content (AvgIpc) is 2.96. The summed E-state index contributed by atoms with van der Waals surface area (Å²) in [5, 5.41) is 23.4. The number of para-hydroxylation sites is 1. The number of benzene rings is 2. The molecular formula is C20H23NO5. The van der Waals surface area contributed by atoms with Crippen molar-refractivity contribution in [2.75, 3.05) is 14.2 Å². The van der Waals surface area contributed by atoms with Crippen LogP contribution in [0.2, 0.25) is 0 Å². The van der Waals surface area contributed by atoms with Gasteiger partial charge in [0.15, 0.2) is 0 Å². The van der Waals surface area contributed by atoms with Gasteiger partial charge >= 0.3 is 0 Å². The fraction of sp³-hybridized carbons (Fsp3) is 0.350. The van der Waals surface area contributed by atoms with Gasteiger partial charge in [-0.25, -0.2) is 0 Å². The molecule has 1 saturated carbocycles. The second-order valence-corrected chi connectivity index (χ2v) is 6.37. The molecule has 0 saturated heterocycles. The number of carbonyl (C=O) groups is 1. The van der Waals surface area contributed by atoms with Crippen molar-refractivity contribution in [2.24, 2.45) is 0 Å². The molecule has 4 atom stereocenters. The van der Waals surface area contributed by atoms with Crippen molar-refractivity contribution in [3.63, 3.8) is 0 Å². The Morgan fingerprint density at radius 1 is 1.04 bits per heavy atom. The molecule has 138 valence electrons. The summed E-state index contributed by atoms with van der Waals surface area (Å²) in [4.78, 5) is 12.7. The van der Waals surface area contributed by atoms with Crippen LogP contribution >= 0.6 is 0 Å². The summed E-state index contributed by atoms with van der Waals surface area (Å²) in [5.41, 5.74) is 1.31. The minimum atomic E-state index is -1.04. The second-order valence-electron chi connectivity index (χ2n) is 6.37. The zero-order valence-corrected chi connectivity index (χ0v) is 14.8. The van der Waals surface area contributed by atoms with Crippen LogP contribution in [-0.2, 0) is 0 Å². The van der Waals surface area contributed by atoms with Gasteiger partial charge in [0, 0.05) is 5.92 Å². The van der Waals surface area contributed by atoms with Crippen LogP contribution in [0.15, 0.2) is 48.5 Å². The molecule has 0 bridgehead atoms. The zero-order chi connectivity index (χ0) is 18.7. The smallest absolute Gasteiger partial charge is 0.255 e. The molecule has 1 fully saturated rings. The minimum absolute atomic E-state index is 0.204. The van der Waals surface area contributed by atoms with E-state index in [-0.39, 0.29) is 11.8 Å². The summed E-state index contributed by atoms with van der Waals surface area (Å²) in [6, 6.07) is 13.7. The van der Waals surface area contributed by atoms with Gasteiger partial charge in [-0.1, -0.05) is 24.3 Å². The summed E-state index contributed by atoms with van der Waals surface area (Å²) in [6.45, 7) is 0. The van der Waals surface area contributed by atoms with Gasteiger partial charge < -0.3 is 25.0 Å². The van der Waals surface area contributed by atoms with E-state index in [0.29, 0.717) is 17.7 Å². The fourth-order valence-corrected chi connectivity index (χ4v) is 3.47. The van der Waals surface area contributed by atoms with Gasteiger partial charge in [-0.05, 0) is 36.2 Å². The van der Waals surface area contributed by atoms with Crippen LogP contribution < -0.4 is 14.8 Å². The number of rotatable bonds is 5. The van der Waals surface area contributed by atoms with E-state index < -0.39 is 18.2 Å². The van der Waals surface area contributed by atoms with Crippen LogP contribution in [0.3, 0.4) is 0 Å². The highest BCUT2D eigenvalue weighted by Gasteiger charge is 2.43. The Kier molecular flexibility index (Phi) is 5.44. The van der Waals surface area contributed by atoms with Crippen molar-refractivity contribution >= 4 is 5.91 Å². The van der Waals surface area contributed by atoms with Crippen molar-refractivity contribution in [3.05, 3.63) is 59.7 Å². The van der Waals surface area contributed by atoms with Crippen molar-refractivity contribution in [2.45, 2.75) is 30.6 Å². The summed E-state index contributed by atoms with van der Waals surface area (Å²) in [5.74, 6) is 0.630. The molecule has 1 aliphatic rings. The topological polar surface area (TPSA) is 88.0 Å². The van der Waals surface area contributed by atoms with E-state index in [1.807, 2.05) is 24.3 Å². The fourth-order valence-electron chi connectivity index (χ4n) is 3.47. The van der Waals surface area contributed by atoms with E-state index in [9.17, 15) is 15.0 Å². The van der Waals surface area contributed by atoms with Crippen molar-refractivity contribution in [1.29, 1.82) is 0 Å². The molecule has 3 rings (SSSR count). The van der Waals surface area contributed by atoms with Gasteiger partial charge in [0.05, 0.1) is 31.9 Å². The highest BCUT2D eigenvalue weighted by Crippen LogP contribution is 2.36. The molecule has 6 heteroatoms. The van der Waals surface area contributed by atoms with Gasteiger partial charge in [-0.3, -0.25) is 4.79 Å². The number of nitrogens with one attached hydrogen (secondary N) is 1. The number of aliphatic hydroxyl groups excluding tert-OH is 2.